The van der Waals surface area contributed by atoms with Gasteiger partial charge in [-0.05, 0) is 46.0 Å². The lowest BCUT2D eigenvalue weighted by Gasteiger charge is -2.15. The summed E-state index contributed by atoms with van der Waals surface area (Å²) in [6.07, 6.45) is 0.525. The van der Waals surface area contributed by atoms with Crippen LogP contribution in [0, 0.1) is 17.7 Å². The SMILES string of the molecule is CC(CNC(=O)C(C)Cc1ccc(F)c(Br)c1)CC(=O)O. The minimum Gasteiger partial charge on any atom is -0.481 e. The van der Waals surface area contributed by atoms with Crippen molar-refractivity contribution in [2.45, 2.75) is 26.7 Å². The third kappa shape index (κ3) is 6.25. The number of halogens is 2. The third-order valence-electron chi connectivity index (χ3n) is 3.12. The highest BCUT2D eigenvalue weighted by molar-refractivity contribution is 9.10. The van der Waals surface area contributed by atoms with E-state index in [1.54, 1.807) is 26.0 Å². The van der Waals surface area contributed by atoms with Crippen molar-refractivity contribution in [3.05, 3.63) is 34.1 Å². The molecular formula is C15H19BrFNO3. The zero-order chi connectivity index (χ0) is 16.0. The molecule has 2 unspecified atom stereocenters. The third-order valence-corrected chi connectivity index (χ3v) is 3.73. The van der Waals surface area contributed by atoms with Gasteiger partial charge in [0.15, 0.2) is 0 Å². The largest absolute Gasteiger partial charge is 0.481 e. The molecule has 6 heteroatoms. The van der Waals surface area contributed by atoms with E-state index in [1.807, 2.05) is 0 Å². The van der Waals surface area contributed by atoms with Crippen LogP contribution in [0.1, 0.15) is 25.8 Å². The molecule has 0 aromatic heterocycles. The molecule has 4 nitrogen and oxygen atoms in total. The molecule has 0 aliphatic rings. The van der Waals surface area contributed by atoms with Crippen molar-refractivity contribution in [3.8, 4) is 0 Å². The number of nitrogens with one attached hydrogen (secondary N) is 1. The van der Waals surface area contributed by atoms with Crippen LogP contribution in [0.2, 0.25) is 0 Å². The molecule has 116 valence electrons. The minimum atomic E-state index is -0.874. The van der Waals surface area contributed by atoms with Crippen molar-refractivity contribution >= 4 is 27.8 Å². The number of hydrogen-bond acceptors (Lipinski definition) is 2. The summed E-state index contributed by atoms with van der Waals surface area (Å²) >= 11 is 3.11. The van der Waals surface area contributed by atoms with Gasteiger partial charge in [-0.1, -0.05) is 19.9 Å². The lowest BCUT2D eigenvalue weighted by atomic mass is 10.00. The zero-order valence-corrected chi connectivity index (χ0v) is 13.6. The zero-order valence-electron chi connectivity index (χ0n) is 12.0. The highest BCUT2D eigenvalue weighted by atomic mass is 79.9. The van der Waals surface area contributed by atoms with E-state index in [2.05, 4.69) is 21.2 Å². The molecule has 1 rings (SSSR count). The number of carboxylic acids is 1. The van der Waals surface area contributed by atoms with Crippen molar-refractivity contribution in [2.75, 3.05) is 6.54 Å². The van der Waals surface area contributed by atoms with Crippen molar-refractivity contribution < 1.29 is 19.1 Å². The van der Waals surface area contributed by atoms with Gasteiger partial charge in [0.2, 0.25) is 5.91 Å². The lowest BCUT2D eigenvalue weighted by Crippen LogP contribution is -2.34. The van der Waals surface area contributed by atoms with Crippen LogP contribution in [-0.4, -0.2) is 23.5 Å². The van der Waals surface area contributed by atoms with Crippen molar-refractivity contribution in [2.24, 2.45) is 11.8 Å². The van der Waals surface area contributed by atoms with Crippen LogP contribution >= 0.6 is 15.9 Å². The fourth-order valence-electron chi connectivity index (χ4n) is 1.93. The molecule has 1 aromatic carbocycles. The van der Waals surface area contributed by atoms with Gasteiger partial charge in [-0.25, -0.2) is 4.39 Å². The van der Waals surface area contributed by atoms with E-state index in [0.717, 1.165) is 5.56 Å². The summed E-state index contributed by atoms with van der Waals surface area (Å²) in [5.41, 5.74) is 0.865. The molecule has 0 saturated heterocycles. The summed E-state index contributed by atoms with van der Waals surface area (Å²) in [6, 6.07) is 4.67. The highest BCUT2D eigenvalue weighted by Crippen LogP contribution is 2.19. The molecule has 21 heavy (non-hydrogen) atoms. The minimum absolute atomic E-state index is 0.0274. The maximum atomic E-state index is 13.1. The second-order valence-corrected chi connectivity index (χ2v) is 6.16. The normalized spacial score (nSPS) is 13.5. The van der Waals surface area contributed by atoms with Gasteiger partial charge in [-0.2, -0.15) is 0 Å². The summed E-state index contributed by atoms with van der Waals surface area (Å²) < 4.78 is 13.5. The number of amides is 1. The smallest absolute Gasteiger partial charge is 0.303 e. The van der Waals surface area contributed by atoms with E-state index in [1.165, 1.54) is 6.07 Å². The van der Waals surface area contributed by atoms with Crippen LogP contribution < -0.4 is 5.32 Å². The molecule has 2 N–H and O–H groups in total. The lowest BCUT2D eigenvalue weighted by molar-refractivity contribution is -0.138. The number of carbonyl (C=O) groups is 2. The van der Waals surface area contributed by atoms with Gasteiger partial charge in [0.1, 0.15) is 5.82 Å². The summed E-state index contributed by atoms with van der Waals surface area (Å²) in [6.45, 7) is 3.90. The summed E-state index contributed by atoms with van der Waals surface area (Å²) in [5.74, 6) is -1.72. The average molecular weight is 360 g/mol. The Labute approximate surface area is 131 Å². The van der Waals surface area contributed by atoms with E-state index in [0.29, 0.717) is 17.4 Å². The molecule has 0 aliphatic carbocycles. The van der Waals surface area contributed by atoms with Gasteiger partial charge < -0.3 is 10.4 Å². The first-order valence-corrected chi connectivity index (χ1v) is 7.52. The monoisotopic (exact) mass is 359 g/mol. The molecule has 0 fully saturated rings. The fourth-order valence-corrected chi connectivity index (χ4v) is 2.36. The molecule has 0 radical (unpaired) electrons. The Kier molecular flexibility index (Phi) is 6.81. The molecule has 1 aromatic rings. The number of rotatable bonds is 7. The Morgan fingerprint density at radius 2 is 2.05 bits per heavy atom. The van der Waals surface area contributed by atoms with E-state index in [9.17, 15) is 14.0 Å². The summed E-state index contributed by atoms with van der Waals surface area (Å²) in [4.78, 5) is 22.5. The van der Waals surface area contributed by atoms with E-state index >= 15 is 0 Å². The second-order valence-electron chi connectivity index (χ2n) is 5.30. The molecule has 0 bridgehead atoms. The van der Waals surface area contributed by atoms with E-state index < -0.39 is 5.97 Å². The standard InChI is InChI=1S/C15H19BrFNO3/c1-9(5-14(19)20)8-18-15(21)10(2)6-11-3-4-13(17)12(16)7-11/h3-4,7,9-10H,5-6,8H2,1-2H3,(H,18,21)(H,19,20). The number of carbonyl (C=O) groups excluding carboxylic acids is 1. The maximum absolute atomic E-state index is 13.1. The first kappa shape index (κ1) is 17.6. The van der Waals surface area contributed by atoms with Crippen molar-refractivity contribution in [3.63, 3.8) is 0 Å². The molecule has 0 heterocycles. The molecule has 0 aliphatic heterocycles. The Morgan fingerprint density at radius 3 is 2.62 bits per heavy atom. The highest BCUT2D eigenvalue weighted by Gasteiger charge is 2.16. The average Bonchev–Trinajstić information content (AvgIpc) is 2.39. The predicted octanol–water partition coefficient (Wildman–Crippen LogP) is 2.99. The molecule has 1 amide bonds. The summed E-state index contributed by atoms with van der Waals surface area (Å²) in [5, 5.41) is 11.4. The molecule has 2 atom stereocenters. The van der Waals surface area contributed by atoms with Gasteiger partial charge in [0.25, 0.3) is 0 Å². The van der Waals surface area contributed by atoms with Crippen LogP contribution in [-0.2, 0) is 16.0 Å². The van der Waals surface area contributed by atoms with Crippen LogP contribution in [0.3, 0.4) is 0 Å². The van der Waals surface area contributed by atoms with Crippen LogP contribution in [0.15, 0.2) is 22.7 Å². The Balaban J connectivity index is 2.47. The van der Waals surface area contributed by atoms with Crippen LogP contribution in [0.5, 0.6) is 0 Å². The predicted molar refractivity (Wildman–Crippen MR) is 81.4 cm³/mol. The summed E-state index contributed by atoms with van der Waals surface area (Å²) in [7, 11) is 0. The quantitative estimate of drug-likeness (QED) is 0.786. The van der Waals surface area contributed by atoms with Gasteiger partial charge in [-0.3, -0.25) is 9.59 Å². The number of benzene rings is 1. The topological polar surface area (TPSA) is 66.4 Å². The van der Waals surface area contributed by atoms with E-state index in [-0.39, 0.29) is 30.0 Å². The van der Waals surface area contributed by atoms with E-state index in [4.69, 9.17) is 5.11 Å². The Bertz CT molecular complexity index is 522. The van der Waals surface area contributed by atoms with Gasteiger partial charge in [0, 0.05) is 18.9 Å². The Morgan fingerprint density at radius 1 is 1.38 bits per heavy atom. The first-order chi connectivity index (χ1) is 9.79. The van der Waals surface area contributed by atoms with Gasteiger partial charge in [0.05, 0.1) is 4.47 Å². The number of carboxylic acid groups (broad SMARTS) is 1. The van der Waals surface area contributed by atoms with Gasteiger partial charge >= 0.3 is 5.97 Å². The van der Waals surface area contributed by atoms with Crippen LogP contribution in [0.4, 0.5) is 4.39 Å². The Hall–Kier alpha value is -1.43. The molecule has 0 spiro atoms. The molecular weight excluding hydrogens is 341 g/mol. The number of hydrogen-bond donors (Lipinski definition) is 2. The fraction of sp³-hybridized carbons (Fsp3) is 0.467. The molecule has 0 saturated carbocycles. The van der Waals surface area contributed by atoms with Crippen molar-refractivity contribution in [1.82, 2.24) is 5.32 Å². The first-order valence-electron chi connectivity index (χ1n) is 6.73. The van der Waals surface area contributed by atoms with Crippen molar-refractivity contribution in [1.29, 1.82) is 0 Å². The van der Waals surface area contributed by atoms with Crippen LogP contribution in [0.25, 0.3) is 0 Å². The second kappa shape index (κ2) is 8.12. The number of aliphatic carboxylic acids is 1. The van der Waals surface area contributed by atoms with Gasteiger partial charge in [-0.15, -0.1) is 0 Å². The maximum Gasteiger partial charge on any atom is 0.303 e.